The first-order chi connectivity index (χ1) is 8.13. The number of aryl methyl sites for hydroxylation is 1. The Morgan fingerprint density at radius 2 is 1.76 bits per heavy atom. The molecule has 2 N–H and O–H groups in total. The fraction of sp³-hybridized carbons (Fsp3) is 0.538. The largest absolute Gasteiger partial charge is 0.496 e. The van der Waals surface area contributed by atoms with E-state index in [0.717, 1.165) is 35.6 Å². The monoisotopic (exact) mass is 238 g/mol. The Bertz CT molecular complexity index is 365. The minimum atomic E-state index is 0.681. The summed E-state index contributed by atoms with van der Waals surface area (Å²) in [6.07, 6.45) is 1.85. The van der Waals surface area contributed by atoms with Crippen LogP contribution in [0.1, 0.15) is 12.0 Å². The van der Waals surface area contributed by atoms with Gasteiger partial charge in [0.05, 0.1) is 19.9 Å². The van der Waals surface area contributed by atoms with E-state index < -0.39 is 0 Å². The molecule has 0 heterocycles. The molecule has 0 aromatic heterocycles. The Labute approximate surface area is 103 Å². The Hall–Kier alpha value is -1.42. The van der Waals surface area contributed by atoms with Gasteiger partial charge in [-0.05, 0) is 31.0 Å². The highest BCUT2D eigenvalue weighted by atomic mass is 16.5. The summed E-state index contributed by atoms with van der Waals surface area (Å²) >= 11 is 0. The highest BCUT2D eigenvalue weighted by Crippen LogP contribution is 2.34. The van der Waals surface area contributed by atoms with Crippen molar-refractivity contribution >= 4 is 5.69 Å². The standard InChI is InChI=1S/C13H22N2O2/c1-15(2)11-9-12(16-3)10(6-5-7-14)8-13(11)17-4/h8-9H,5-7,14H2,1-4H3. The van der Waals surface area contributed by atoms with Crippen LogP contribution in [-0.2, 0) is 6.42 Å². The molecule has 0 saturated heterocycles. The number of hydrogen-bond acceptors (Lipinski definition) is 4. The van der Waals surface area contributed by atoms with Crippen LogP contribution in [0.5, 0.6) is 11.5 Å². The van der Waals surface area contributed by atoms with Crippen LogP contribution < -0.4 is 20.1 Å². The van der Waals surface area contributed by atoms with E-state index in [1.807, 2.05) is 31.1 Å². The molecule has 0 aliphatic rings. The predicted octanol–water partition coefficient (Wildman–Crippen LogP) is 1.66. The molecule has 17 heavy (non-hydrogen) atoms. The average Bonchev–Trinajstić information content (AvgIpc) is 2.34. The summed E-state index contributed by atoms with van der Waals surface area (Å²) in [6, 6.07) is 4.04. The number of benzene rings is 1. The van der Waals surface area contributed by atoms with Crippen LogP contribution in [0.4, 0.5) is 5.69 Å². The highest BCUT2D eigenvalue weighted by Gasteiger charge is 2.12. The summed E-state index contributed by atoms with van der Waals surface area (Å²) in [7, 11) is 7.34. The second-order valence-electron chi connectivity index (χ2n) is 4.12. The minimum Gasteiger partial charge on any atom is -0.496 e. The van der Waals surface area contributed by atoms with Crippen molar-refractivity contribution in [1.29, 1.82) is 0 Å². The number of anilines is 1. The van der Waals surface area contributed by atoms with Gasteiger partial charge < -0.3 is 20.1 Å². The zero-order valence-electron chi connectivity index (χ0n) is 11.1. The molecular formula is C13H22N2O2. The van der Waals surface area contributed by atoms with Crippen LogP contribution in [0.25, 0.3) is 0 Å². The maximum absolute atomic E-state index is 5.54. The van der Waals surface area contributed by atoms with Gasteiger partial charge in [0.25, 0.3) is 0 Å². The van der Waals surface area contributed by atoms with E-state index >= 15 is 0 Å². The van der Waals surface area contributed by atoms with Crippen molar-refractivity contribution in [3.05, 3.63) is 17.7 Å². The smallest absolute Gasteiger partial charge is 0.142 e. The van der Waals surface area contributed by atoms with Gasteiger partial charge in [-0.1, -0.05) is 0 Å². The van der Waals surface area contributed by atoms with Crippen LogP contribution in [-0.4, -0.2) is 34.9 Å². The topological polar surface area (TPSA) is 47.7 Å². The normalized spacial score (nSPS) is 10.2. The number of nitrogens with two attached hydrogens (primary N) is 1. The second-order valence-corrected chi connectivity index (χ2v) is 4.12. The van der Waals surface area contributed by atoms with Gasteiger partial charge in [0, 0.05) is 20.2 Å². The number of rotatable bonds is 6. The molecule has 0 amide bonds. The van der Waals surface area contributed by atoms with Gasteiger partial charge in [-0.2, -0.15) is 0 Å². The van der Waals surface area contributed by atoms with Crippen molar-refractivity contribution in [2.75, 3.05) is 39.8 Å². The Balaban J connectivity index is 3.13. The van der Waals surface area contributed by atoms with Crippen LogP contribution >= 0.6 is 0 Å². The first-order valence-electron chi connectivity index (χ1n) is 5.76. The fourth-order valence-corrected chi connectivity index (χ4v) is 1.78. The lowest BCUT2D eigenvalue weighted by Crippen LogP contribution is -2.11. The van der Waals surface area contributed by atoms with E-state index in [-0.39, 0.29) is 0 Å². The number of methoxy groups -OCH3 is 2. The molecule has 0 aliphatic carbocycles. The molecule has 96 valence electrons. The van der Waals surface area contributed by atoms with Crippen LogP contribution in [0.2, 0.25) is 0 Å². The molecular weight excluding hydrogens is 216 g/mol. The Morgan fingerprint density at radius 1 is 1.12 bits per heavy atom. The third-order valence-corrected chi connectivity index (χ3v) is 2.71. The SMILES string of the molecule is COc1cc(N(C)C)c(OC)cc1CCCN. The molecule has 0 atom stereocenters. The Morgan fingerprint density at radius 3 is 2.24 bits per heavy atom. The van der Waals surface area contributed by atoms with E-state index in [1.165, 1.54) is 0 Å². The van der Waals surface area contributed by atoms with Gasteiger partial charge in [0.2, 0.25) is 0 Å². The maximum Gasteiger partial charge on any atom is 0.142 e. The van der Waals surface area contributed by atoms with E-state index in [9.17, 15) is 0 Å². The molecule has 4 nitrogen and oxygen atoms in total. The first kappa shape index (κ1) is 13.6. The lowest BCUT2D eigenvalue weighted by Gasteiger charge is -2.19. The van der Waals surface area contributed by atoms with Crippen LogP contribution in [0, 0.1) is 0 Å². The molecule has 1 aromatic carbocycles. The lowest BCUT2D eigenvalue weighted by atomic mass is 10.1. The third kappa shape index (κ3) is 3.27. The number of nitrogens with zero attached hydrogens (tertiary/aromatic N) is 1. The molecule has 1 rings (SSSR count). The number of hydrogen-bond donors (Lipinski definition) is 1. The van der Waals surface area contributed by atoms with E-state index in [2.05, 4.69) is 0 Å². The zero-order chi connectivity index (χ0) is 12.8. The van der Waals surface area contributed by atoms with Crippen molar-refractivity contribution in [3.63, 3.8) is 0 Å². The first-order valence-corrected chi connectivity index (χ1v) is 5.76. The van der Waals surface area contributed by atoms with E-state index in [4.69, 9.17) is 15.2 Å². The second kappa shape index (κ2) is 6.35. The van der Waals surface area contributed by atoms with Gasteiger partial charge in [0.15, 0.2) is 0 Å². The Kier molecular flexibility index (Phi) is 5.10. The summed E-state index contributed by atoms with van der Waals surface area (Å²) in [5.41, 5.74) is 7.69. The molecule has 0 bridgehead atoms. The minimum absolute atomic E-state index is 0.681. The molecule has 0 spiro atoms. The predicted molar refractivity (Wildman–Crippen MR) is 71.2 cm³/mol. The molecule has 0 saturated carbocycles. The van der Waals surface area contributed by atoms with E-state index in [1.54, 1.807) is 14.2 Å². The summed E-state index contributed by atoms with van der Waals surface area (Å²) in [5.74, 6) is 1.76. The lowest BCUT2D eigenvalue weighted by molar-refractivity contribution is 0.399. The van der Waals surface area contributed by atoms with Gasteiger partial charge in [-0.25, -0.2) is 0 Å². The average molecular weight is 238 g/mol. The highest BCUT2D eigenvalue weighted by molar-refractivity contribution is 5.63. The number of ether oxygens (including phenoxy) is 2. The molecule has 1 aromatic rings. The van der Waals surface area contributed by atoms with Gasteiger partial charge in [0.1, 0.15) is 11.5 Å². The molecule has 0 unspecified atom stereocenters. The molecule has 0 fully saturated rings. The van der Waals surface area contributed by atoms with Crippen molar-refractivity contribution in [1.82, 2.24) is 0 Å². The fourth-order valence-electron chi connectivity index (χ4n) is 1.78. The zero-order valence-corrected chi connectivity index (χ0v) is 11.1. The molecule has 4 heteroatoms. The maximum atomic E-state index is 5.54. The van der Waals surface area contributed by atoms with Gasteiger partial charge >= 0.3 is 0 Å². The van der Waals surface area contributed by atoms with Crippen molar-refractivity contribution in [2.45, 2.75) is 12.8 Å². The summed E-state index contributed by atoms with van der Waals surface area (Å²) in [4.78, 5) is 2.01. The summed E-state index contributed by atoms with van der Waals surface area (Å²) in [5, 5.41) is 0. The molecule has 0 radical (unpaired) electrons. The van der Waals surface area contributed by atoms with Gasteiger partial charge in [-0.3, -0.25) is 0 Å². The van der Waals surface area contributed by atoms with Gasteiger partial charge in [-0.15, -0.1) is 0 Å². The summed E-state index contributed by atoms with van der Waals surface area (Å²) in [6.45, 7) is 0.681. The van der Waals surface area contributed by atoms with E-state index in [0.29, 0.717) is 6.54 Å². The van der Waals surface area contributed by atoms with Crippen LogP contribution in [0.3, 0.4) is 0 Å². The van der Waals surface area contributed by atoms with Crippen LogP contribution in [0.15, 0.2) is 12.1 Å². The third-order valence-electron chi connectivity index (χ3n) is 2.71. The van der Waals surface area contributed by atoms with Crippen molar-refractivity contribution in [2.24, 2.45) is 5.73 Å². The quantitative estimate of drug-likeness (QED) is 0.819. The summed E-state index contributed by atoms with van der Waals surface area (Å²) < 4.78 is 10.8. The van der Waals surface area contributed by atoms with Crippen molar-refractivity contribution in [3.8, 4) is 11.5 Å². The molecule has 0 aliphatic heterocycles. The van der Waals surface area contributed by atoms with Crippen molar-refractivity contribution < 1.29 is 9.47 Å².